The van der Waals surface area contributed by atoms with E-state index in [0.29, 0.717) is 12.6 Å². The van der Waals surface area contributed by atoms with E-state index in [1.807, 2.05) is 31.2 Å². The Labute approximate surface area is 90.2 Å². The van der Waals surface area contributed by atoms with Crippen molar-refractivity contribution in [2.75, 3.05) is 13.2 Å². The van der Waals surface area contributed by atoms with Crippen LogP contribution in [-0.2, 0) is 0 Å². The summed E-state index contributed by atoms with van der Waals surface area (Å²) in [4.78, 5) is 4.43. The first kappa shape index (κ1) is 10.0. The molecule has 1 aromatic carbocycles. The van der Waals surface area contributed by atoms with Gasteiger partial charge in [0.25, 0.3) is 0 Å². The Morgan fingerprint density at radius 2 is 2.13 bits per heavy atom. The summed E-state index contributed by atoms with van der Waals surface area (Å²) in [7, 11) is 0. The van der Waals surface area contributed by atoms with Crippen molar-refractivity contribution >= 4 is 5.84 Å². The molecule has 0 aliphatic carbocycles. The standard InChI is InChI=1S/C12H16N2O/c1-3-15-11-6-4-10(5-7-11)12-13-8-9(2)14-12/h4-7,9H,3,8H2,1-2H3,(H,13,14). The van der Waals surface area contributed by atoms with E-state index in [4.69, 9.17) is 4.74 Å². The molecule has 2 rings (SSSR count). The van der Waals surface area contributed by atoms with Crippen LogP contribution in [0.4, 0.5) is 0 Å². The predicted molar refractivity (Wildman–Crippen MR) is 61.6 cm³/mol. The Morgan fingerprint density at radius 1 is 1.40 bits per heavy atom. The predicted octanol–water partition coefficient (Wildman–Crippen LogP) is 1.82. The lowest BCUT2D eigenvalue weighted by molar-refractivity contribution is 0.340. The van der Waals surface area contributed by atoms with E-state index in [-0.39, 0.29) is 0 Å². The van der Waals surface area contributed by atoms with Crippen molar-refractivity contribution < 1.29 is 4.74 Å². The lowest BCUT2D eigenvalue weighted by atomic mass is 10.2. The maximum Gasteiger partial charge on any atom is 0.128 e. The minimum atomic E-state index is 0.451. The van der Waals surface area contributed by atoms with Crippen LogP contribution in [-0.4, -0.2) is 25.0 Å². The van der Waals surface area contributed by atoms with Crippen LogP contribution in [0.15, 0.2) is 29.3 Å². The number of ether oxygens (including phenoxy) is 1. The Kier molecular flexibility index (Phi) is 2.90. The van der Waals surface area contributed by atoms with E-state index in [9.17, 15) is 0 Å². The highest BCUT2D eigenvalue weighted by Crippen LogP contribution is 2.13. The van der Waals surface area contributed by atoms with E-state index in [1.54, 1.807) is 0 Å². The second-order valence-electron chi connectivity index (χ2n) is 3.69. The van der Waals surface area contributed by atoms with Crippen molar-refractivity contribution in [1.29, 1.82) is 0 Å². The van der Waals surface area contributed by atoms with Gasteiger partial charge < -0.3 is 10.1 Å². The first-order valence-electron chi connectivity index (χ1n) is 5.34. The van der Waals surface area contributed by atoms with Crippen molar-refractivity contribution in [3.63, 3.8) is 0 Å². The van der Waals surface area contributed by atoms with Crippen LogP contribution in [0, 0.1) is 0 Å². The van der Waals surface area contributed by atoms with Gasteiger partial charge in [0.15, 0.2) is 0 Å². The van der Waals surface area contributed by atoms with E-state index in [0.717, 1.165) is 23.7 Å². The number of rotatable bonds is 3. The number of amidine groups is 1. The highest BCUT2D eigenvalue weighted by atomic mass is 16.5. The number of hydrogen-bond acceptors (Lipinski definition) is 3. The summed E-state index contributed by atoms with van der Waals surface area (Å²) < 4.78 is 5.38. The van der Waals surface area contributed by atoms with Gasteiger partial charge in [0.2, 0.25) is 0 Å². The molecule has 3 heteroatoms. The molecule has 1 aliphatic heterocycles. The van der Waals surface area contributed by atoms with Crippen LogP contribution in [0.2, 0.25) is 0 Å². The average molecular weight is 204 g/mol. The molecule has 0 saturated carbocycles. The van der Waals surface area contributed by atoms with Crippen LogP contribution in [0.1, 0.15) is 19.4 Å². The third-order valence-corrected chi connectivity index (χ3v) is 2.35. The molecule has 80 valence electrons. The number of nitrogens with zero attached hydrogens (tertiary/aromatic N) is 1. The summed E-state index contributed by atoms with van der Waals surface area (Å²) in [5.74, 6) is 1.90. The number of benzene rings is 1. The van der Waals surface area contributed by atoms with Crippen molar-refractivity contribution in [3.8, 4) is 5.75 Å². The summed E-state index contributed by atoms with van der Waals surface area (Å²) in [5, 5.41) is 3.33. The van der Waals surface area contributed by atoms with Gasteiger partial charge in [0.05, 0.1) is 13.2 Å². The zero-order chi connectivity index (χ0) is 10.7. The molecule has 1 unspecified atom stereocenters. The fraction of sp³-hybridized carbons (Fsp3) is 0.417. The van der Waals surface area contributed by atoms with E-state index in [2.05, 4.69) is 17.2 Å². The SMILES string of the molecule is CCOc1ccc(C2=NCC(C)N2)cc1. The molecule has 1 atom stereocenters. The van der Waals surface area contributed by atoms with Crippen LogP contribution < -0.4 is 10.1 Å². The molecule has 3 nitrogen and oxygen atoms in total. The quantitative estimate of drug-likeness (QED) is 0.814. The van der Waals surface area contributed by atoms with E-state index < -0.39 is 0 Å². The number of nitrogens with one attached hydrogen (secondary N) is 1. The molecule has 0 amide bonds. The molecule has 0 bridgehead atoms. The molecule has 0 radical (unpaired) electrons. The minimum absolute atomic E-state index is 0.451. The van der Waals surface area contributed by atoms with Crippen LogP contribution in [0.25, 0.3) is 0 Å². The molecule has 1 aliphatic rings. The first-order chi connectivity index (χ1) is 7.29. The molecule has 0 spiro atoms. The zero-order valence-corrected chi connectivity index (χ0v) is 9.16. The molecule has 1 N–H and O–H groups in total. The molecular formula is C12H16N2O. The van der Waals surface area contributed by atoms with Crippen molar-refractivity contribution in [1.82, 2.24) is 5.32 Å². The summed E-state index contributed by atoms with van der Waals surface area (Å²) in [6.07, 6.45) is 0. The van der Waals surface area contributed by atoms with Gasteiger partial charge in [-0.1, -0.05) is 0 Å². The van der Waals surface area contributed by atoms with Gasteiger partial charge in [-0.2, -0.15) is 0 Å². The van der Waals surface area contributed by atoms with Crippen molar-refractivity contribution in [2.45, 2.75) is 19.9 Å². The Morgan fingerprint density at radius 3 is 2.67 bits per heavy atom. The fourth-order valence-electron chi connectivity index (χ4n) is 1.60. The molecule has 15 heavy (non-hydrogen) atoms. The average Bonchev–Trinajstić information content (AvgIpc) is 2.67. The first-order valence-corrected chi connectivity index (χ1v) is 5.34. The number of aliphatic imine (C=N–C) groups is 1. The maximum absolute atomic E-state index is 5.38. The summed E-state index contributed by atoms with van der Waals surface area (Å²) >= 11 is 0. The molecule has 0 aromatic heterocycles. The topological polar surface area (TPSA) is 33.6 Å². The van der Waals surface area contributed by atoms with Gasteiger partial charge in [-0.25, -0.2) is 0 Å². The van der Waals surface area contributed by atoms with E-state index in [1.165, 1.54) is 0 Å². The third kappa shape index (κ3) is 2.29. The lowest BCUT2D eigenvalue weighted by Crippen LogP contribution is -2.27. The fourth-order valence-corrected chi connectivity index (χ4v) is 1.60. The van der Waals surface area contributed by atoms with Gasteiger partial charge in [-0.15, -0.1) is 0 Å². The number of hydrogen-bond donors (Lipinski definition) is 1. The van der Waals surface area contributed by atoms with E-state index >= 15 is 0 Å². The smallest absolute Gasteiger partial charge is 0.128 e. The van der Waals surface area contributed by atoms with Gasteiger partial charge in [-0.05, 0) is 38.1 Å². The van der Waals surface area contributed by atoms with Gasteiger partial charge in [0, 0.05) is 11.6 Å². The zero-order valence-electron chi connectivity index (χ0n) is 9.16. The van der Waals surface area contributed by atoms with Crippen LogP contribution in [0.5, 0.6) is 5.75 Å². The second-order valence-corrected chi connectivity index (χ2v) is 3.69. The maximum atomic E-state index is 5.38. The molecule has 0 saturated heterocycles. The third-order valence-electron chi connectivity index (χ3n) is 2.35. The Bertz CT molecular complexity index is 356. The normalized spacial score (nSPS) is 19.6. The molecule has 1 aromatic rings. The Hall–Kier alpha value is -1.51. The molecular weight excluding hydrogens is 188 g/mol. The second kappa shape index (κ2) is 4.34. The lowest BCUT2D eigenvalue weighted by Gasteiger charge is -2.07. The van der Waals surface area contributed by atoms with Crippen LogP contribution >= 0.6 is 0 Å². The summed E-state index contributed by atoms with van der Waals surface area (Å²) in [6, 6.07) is 8.48. The Balaban J connectivity index is 2.10. The summed E-state index contributed by atoms with van der Waals surface area (Å²) in [6.45, 7) is 5.68. The largest absolute Gasteiger partial charge is 0.494 e. The monoisotopic (exact) mass is 204 g/mol. The van der Waals surface area contributed by atoms with Gasteiger partial charge in [0.1, 0.15) is 11.6 Å². The molecule has 0 fully saturated rings. The van der Waals surface area contributed by atoms with Crippen molar-refractivity contribution in [2.24, 2.45) is 4.99 Å². The van der Waals surface area contributed by atoms with Gasteiger partial charge >= 0.3 is 0 Å². The van der Waals surface area contributed by atoms with Crippen molar-refractivity contribution in [3.05, 3.63) is 29.8 Å². The van der Waals surface area contributed by atoms with Gasteiger partial charge in [-0.3, -0.25) is 4.99 Å². The molecule has 1 heterocycles. The highest BCUT2D eigenvalue weighted by Gasteiger charge is 2.13. The highest BCUT2D eigenvalue weighted by molar-refractivity contribution is 6.00. The minimum Gasteiger partial charge on any atom is -0.494 e. The summed E-state index contributed by atoms with van der Waals surface area (Å²) in [5.41, 5.74) is 1.13. The van der Waals surface area contributed by atoms with Crippen LogP contribution in [0.3, 0.4) is 0 Å².